The Morgan fingerprint density at radius 1 is 1.38 bits per heavy atom. The minimum absolute atomic E-state index is 0.0243. The van der Waals surface area contributed by atoms with Crippen LogP contribution in [0.4, 0.5) is 4.39 Å². The molecule has 0 aliphatic rings. The Bertz CT molecular complexity index is 484. The van der Waals surface area contributed by atoms with E-state index in [0.717, 1.165) is 12.1 Å². The summed E-state index contributed by atoms with van der Waals surface area (Å²) in [5, 5.41) is 6.05. The van der Waals surface area contributed by atoms with Crippen molar-refractivity contribution in [3.05, 3.63) is 29.6 Å². The number of hydrogen-bond donors (Lipinski definition) is 2. The highest BCUT2D eigenvalue weighted by Gasteiger charge is 2.16. The highest BCUT2D eigenvalue weighted by atomic mass is 19.1. The molecule has 1 atom stereocenters. The molecule has 1 aromatic rings. The predicted molar refractivity (Wildman–Crippen MR) is 81.9 cm³/mol. The summed E-state index contributed by atoms with van der Waals surface area (Å²) in [6, 6.07) is 4.41. The zero-order valence-corrected chi connectivity index (χ0v) is 13.4. The fourth-order valence-electron chi connectivity index (χ4n) is 2.00. The molecular weight excluding hydrogens is 271 g/mol. The molecular formula is C16H25FN2O2. The lowest BCUT2D eigenvalue weighted by molar-refractivity contribution is -0.124. The number of carbonyl (C=O) groups excluding carboxylic acids is 1. The van der Waals surface area contributed by atoms with Crippen LogP contribution >= 0.6 is 0 Å². The summed E-state index contributed by atoms with van der Waals surface area (Å²) < 4.78 is 18.9. The van der Waals surface area contributed by atoms with Gasteiger partial charge in [-0.15, -0.1) is 0 Å². The largest absolute Gasteiger partial charge is 0.483 e. The normalized spacial score (nSPS) is 12.9. The maximum Gasteiger partial charge on any atom is 0.258 e. The Morgan fingerprint density at radius 2 is 2.05 bits per heavy atom. The zero-order valence-electron chi connectivity index (χ0n) is 13.4. The topological polar surface area (TPSA) is 50.4 Å². The van der Waals surface area contributed by atoms with Crippen molar-refractivity contribution >= 4 is 5.91 Å². The molecule has 0 fully saturated rings. The lowest BCUT2D eigenvalue weighted by Gasteiger charge is -2.21. The molecule has 1 amide bonds. The van der Waals surface area contributed by atoms with Crippen molar-refractivity contribution in [2.24, 2.45) is 0 Å². The molecule has 1 unspecified atom stereocenters. The summed E-state index contributed by atoms with van der Waals surface area (Å²) in [5.41, 5.74) is 0.518. The third-order valence-electron chi connectivity index (χ3n) is 2.83. The van der Waals surface area contributed by atoms with Gasteiger partial charge in [0.25, 0.3) is 5.91 Å². The van der Waals surface area contributed by atoms with Crippen molar-refractivity contribution in [1.82, 2.24) is 10.6 Å². The molecule has 0 bridgehead atoms. The molecule has 118 valence electrons. The van der Waals surface area contributed by atoms with E-state index in [1.54, 1.807) is 6.07 Å². The van der Waals surface area contributed by atoms with E-state index in [-0.39, 0.29) is 29.9 Å². The molecule has 2 N–H and O–H groups in total. The average molecular weight is 296 g/mol. The number of amides is 1. The highest BCUT2D eigenvalue weighted by Crippen LogP contribution is 2.26. The fraction of sp³-hybridized carbons (Fsp3) is 0.562. The van der Waals surface area contributed by atoms with Gasteiger partial charge in [0.15, 0.2) is 6.61 Å². The van der Waals surface area contributed by atoms with Crippen LogP contribution in [-0.2, 0) is 4.79 Å². The first kappa shape index (κ1) is 17.4. The van der Waals surface area contributed by atoms with Gasteiger partial charge in [-0.25, -0.2) is 4.39 Å². The van der Waals surface area contributed by atoms with Gasteiger partial charge in [-0.05, 0) is 40.3 Å². The number of benzene rings is 1. The van der Waals surface area contributed by atoms with Gasteiger partial charge >= 0.3 is 0 Å². The van der Waals surface area contributed by atoms with E-state index in [0.29, 0.717) is 5.75 Å². The smallest absolute Gasteiger partial charge is 0.258 e. The molecule has 0 radical (unpaired) electrons. The zero-order chi connectivity index (χ0) is 16.0. The van der Waals surface area contributed by atoms with Gasteiger partial charge in [0.2, 0.25) is 0 Å². The van der Waals surface area contributed by atoms with Crippen molar-refractivity contribution in [3.63, 3.8) is 0 Å². The molecule has 0 saturated carbocycles. The highest BCUT2D eigenvalue weighted by molar-refractivity contribution is 5.78. The first-order valence-electron chi connectivity index (χ1n) is 7.19. The molecule has 0 spiro atoms. The van der Waals surface area contributed by atoms with E-state index in [9.17, 15) is 9.18 Å². The van der Waals surface area contributed by atoms with Crippen LogP contribution in [-0.4, -0.2) is 24.6 Å². The number of nitrogens with one attached hydrogen (secondary N) is 2. The van der Waals surface area contributed by atoms with Crippen LogP contribution in [0.3, 0.4) is 0 Å². The summed E-state index contributed by atoms with van der Waals surface area (Å²) in [6.07, 6.45) is 0. The SMILES string of the molecule is CCNC(C)c1ccc(F)cc1OCC(=O)NC(C)(C)C. The summed E-state index contributed by atoms with van der Waals surface area (Å²) in [6.45, 7) is 10.3. The second kappa shape index (κ2) is 7.41. The van der Waals surface area contributed by atoms with Crippen LogP contribution < -0.4 is 15.4 Å². The van der Waals surface area contributed by atoms with Crippen LogP contribution in [0.5, 0.6) is 5.75 Å². The van der Waals surface area contributed by atoms with Crippen LogP contribution in [0.25, 0.3) is 0 Å². The molecule has 1 aromatic carbocycles. The number of carbonyl (C=O) groups is 1. The lowest BCUT2D eigenvalue weighted by Crippen LogP contribution is -2.43. The van der Waals surface area contributed by atoms with Gasteiger partial charge in [0.1, 0.15) is 11.6 Å². The van der Waals surface area contributed by atoms with Gasteiger partial charge in [0.05, 0.1) is 0 Å². The lowest BCUT2D eigenvalue weighted by atomic mass is 10.1. The van der Waals surface area contributed by atoms with Crippen molar-refractivity contribution in [2.75, 3.05) is 13.2 Å². The summed E-state index contributed by atoms with van der Waals surface area (Å²) in [4.78, 5) is 11.8. The van der Waals surface area contributed by atoms with Crippen LogP contribution in [0, 0.1) is 5.82 Å². The van der Waals surface area contributed by atoms with Gasteiger partial charge in [-0.1, -0.05) is 13.0 Å². The molecule has 1 rings (SSSR count). The summed E-state index contributed by atoms with van der Waals surface area (Å²) in [5.74, 6) is -0.213. The third kappa shape index (κ3) is 6.12. The van der Waals surface area contributed by atoms with Crippen molar-refractivity contribution in [3.8, 4) is 5.75 Å². The third-order valence-corrected chi connectivity index (χ3v) is 2.83. The maximum atomic E-state index is 13.4. The Hall–Kier alpha value is -1.62. The molecule has 4 nitrogen and oxygen atoms in total. The van der Waals surface area contributed by atoms with E-state index in [2.05, 4.69) is 10.6 Å². The fourth-order valence-corrected chi connectivity index (χ4v) is 2.00. The minimum Gasteiger partial charge on any atom is -0.483 e. The first-order chi connectivity index (χ1) is 9.73. The molecule has 0 aliphatic heterocycles. The van der Waals surface area contributed by atoms with Crippen molar-refractivity contribution in [2.45, 2.75) is 46.2 Å². The second-order valence-electron chi connectivity index (χ2n) is 6.05. The van der Waals surface area contributed by atoms with E-state index in [4.69, 9.17) is 4.74 Å². The van der Waals surface area contributed by atoms with Gasteiger partial charge in [-0.2, -0.15) is 0 Å². The molecule has 21 heavy (non-hydrogen) atoms. The van der Waals surface area contributed by atoms with Crippen molar-refractivity contribution in [1.29, 1.82) is 0 Å². The van der Waals surface area contributed by atoms with Gasteiger partial charge in [-0.3, -0.25) is 4.79 Å². The van der Waals surface area contributed by atoms with Gasteiger partial charge in [0, 0.05) is 23.2 Å². The minimum atomic E-state index is -0.381. The molecule has 0 saturated heterocycles. The van der Waals surface area contributed by atoms with Crippen LogP contribution in [0.15, 0.2) is 18.2 Å². The average Bonchev–Trinajstić information content (AvgIpc) is 2.34. The van der Waals surface area contributed by atoms with Crippen molar-refractivity contribution < 1.29 is 13.9 Å². The van der Waals surface area contributed by atoms with E-state index < -0.39 is 0 Å². The molecule has 0 aromatic heterocycles. The van der Waals surface area contributed by atoms with Crippen LogP contribution in [0.2, 0.25) is 0 Å². The number of halogens is 1. The molecule has 0 aliphatic carbocycles. The Labute approximate surface area is 126 Å². The summed E-state index contributed by atoms with van der Waals surface area (Å²) >= 11 is 0. The Kier molecular flexibility index (Phi) is 6.15. The standard InChI is InChI=1S/C16H25FN2O2/c1-6-18-11(2)13-8-7-12(17)9-14(13)21-10-15(20)19-16(3,4)5/h7-9,11,18H,6,10H2,1-5H3,(H,19,20). The second-order valence-corrected chi connectivity index (χ2v) is 6.05. The summed E-state index contributed by atoms with van der Waals surface area (Å²) in [7, 11) is 0. The Morgan fingerprint density at radius 3 is 2.62 bits per heavy atom. The van der Waals surface area contributed by atoms with Gasteiger partial charge < -0.3 is 15.4 Å². The number of ether oxygens (including phenoxy) is 1. The van der Waals surface area contributed by atoms with E-state index in [1.807, 2.05) is 34.6 Å². The predicted octanol–water partition coefficient (Wildman–Crippen LogP) is 2.79. The Balaban J connectivity index is 2.77. The number of rotatable bonds is 6. The quantitative estimate of drug-likeness (QED) is 0.848. The first-order valence-corrected chi connectivity index (χ1v) is 7.19. The maximum absolute atomic E-state index is 13.4. The molecule has 5 heteroatoms. The van der Waals surface area contributed by atoms with E-state index in [1.165, 1.54) is 12.1 Å². The van der Waals surface area contributed by atoms with E-state index >= 15 is 0 Å². The number of hydrogen-bond acceptors (Lipinski definition) is 3. The molecule has 0 heterocycles. The van der Waals surface area contributed by atoms with Crippen LogP contribution in [0.1, 0.15) is 46.2 Å². The monoisotopic (exact) mass is 296 g/mol.